The number of nitrogens with zero attached hydrogens (tertiary/aromatic N) is 2. The van der Waals surface area contributed by atoms with E-state index in [9.17, 15) is 10.1 Å². The number of nitriles is 1. The third-order valence-electron chi connectivity index (χ3n) is 4.86. The monoisotopic (exact) mass is 397 g/mol. The van der Waals surface area contributed by atoms with Gasteiger partial charge in [-0.1, -0.05) is 23.7 Å². The Morgan fingerprint density at radius 1 is 1.37 bits per heavy atom. The van der Waals surface area contributed by atoms with Crippen LogP contribution in [0.1, 0.15) is 29.5 Å². The molecule has 1 amide bonds. The van der Waals surface area contributed by atoms with E-state index < -0.39 is 0 Å². The zero-order chi connectivity index (χ0) is 18.8. The Morgan fingerprint density at radius 2 is 2.22 bits per heavy atom. The summed E-state index contributed by atoms with van der Waals surface area (Å²) >= 11 is 7.71. The number of benzene rings is 2. The minimum atomic E-state index is -0.114. The first-order valence-corrected chi connectivity index (χ1v) is 10.0. The van der Waals surface area contributed by atoms with Gasteiger partial charge in [0.25, 0.3) is 5.91 Å². The van der Waals surface area contributed by atoms with Crippen LogP contribution in [0, 0.1) is 11.3 Å². The zero-order valence-electron chi connectivity index (χ0n) is 14.5. The van der Waals surface area contributed by atoms with Crippen LogP contribution >= 0.6 is 22.9 Å². The quantitative estimate of drug-likeness (QED) is 0.710. The summed E-state index contributed by atoms with van der Waals surface area (Å²) in [6.45, 7) is 1.28. The minimum Gasteiger partial charge on any atom is -0.320 e. The standard InChI is InChI=1S/C20H17ClN4OS/c21-14-8-7-13(11-22)16(10-14)23-19(26)12-25-9-3-5-17(25)20-24-15-4-1-2-6-18(15)27-20/h1-2,4,6-8,10,17H,3,5,9,12H2,(H,23,26)/p+1/t17-/m0/s1. The average molecular weight is 398 g/mol. The van der Waals surface area contributed by atoms with Crippen molar-refractivity contribution in [3.05, 3.63) is 58.1 Å². The fraction of sp³-hybridized carbons (Fsp3) is 0.250. The van der Waals surface area contributed by atoms with Crippen molar-refractivity contribution in [2.45, 2.75) is 18.9 Å². The molecule has 5 nitrogen and oxygen atoms in total. The number of likely N-dealkylation sites (tertiary alicyclic amines) is 1. The first-order valence-electron chi connectivity index (χ1n) is 8.83. The Balaban J connectivity index is 1.49. The summed E-state index contributed by atoms with van der Waals surface area (Å²) in [5.74, 6) is -0.114. The van der Waals surface area contributed by atoms with Crippen molar-refractivity contribution in [3.63, 3.8) is 0 Å². The smallest absolute Gasteiger partial charge is 0.279 e. The summed E-state index contributed by atoms with van der Waals surface area (Å²) in [5, 5.41) is 13.6. The van der Waals surface area contributed by atoms with Gasteiger partial charge in [-0.2, -0.15) is 5.26 Å². The normalized spacial score (nSPS) is 19.1. The summed E-state index contributed by atoms with van der Waals surface area (Å²) in [4.78, 5) is 18.6. The van der Waals surface area contributed by atoms with Crippen LogP contribution in [0.3, 0.4) is 0 Å². The van der Waals surface area contributed by atoms with Crippen LogP contribution in [0.15, 0.2) is 42.5 Å². The number of carbonyl (C=O) groups excluding carboxylic acids is 1. The summed E-state index contributed by atoms with van der Waals surface area (Å²) in [6.07, 6.45) is 2.10. The molecule has 1 unspecified atom stereocenters. The van der Waals surface area contributed by atoms with Gasteiger partial charge >= 0.3 is 0 Å². The highest BCUT2D eigenvalue weighted by molar-refractivity contribution is 7.18. The van der Waals surface area contributed by atoms with Crippen LogP contribution in [0.4, 0.5) is 5.69 Å². The molecular formula is C20H18ClN4OS+. The lowest BCUT2D eigenvalue weighted by Gasteiger charge is -2.19. The van der Waals surface area contributed by atoms with Gasteiger partial charge in [0.2, 0.25) is 0 Å². The van der Waals surface area contributed by atoms with Crippen molar-refractivity contribution in [2.75, 3.05) is 18.4 Å². The number of carbonyl (C=O) groups is 1. The fourth-order valence-corrected chi connectivity index (χ4v) is 4.91. The van der Waals surface area contributed by atoms with Crippen LogP contribution in [0.2, 0.25) is 5.02 Å². The lowest BCUT2D eigenvalue weighted by molar-refractivity contribution is -0.910. The van der Waals surface area contributed by atoms with E-state index in [-0.39, 0.29) is 11.9 Å². The highest BCUT2D eigenvalue weighted by atomic mass is 35.5. The van der Waals surface area contributed by atoms with Crippen LogP contribution in [-0.2, 0) is 4.79 Å². The van der Waals surface area contributed by atoms with Gasteiger partial charge in [0.1, 0.15) is 12.1 Å². The van der Waals surface area contributed by atoms with Gasteiger partial charge in [-0.05, 0) is 30.3 Å². The molecule has 2 atom stereocenters. The molecule has 0 aliphatic carbocycles. The van der Waals surface area contributed by atoms with Crippen molar-refractivity contribution in [3.8, 4) is 6.07 Å². The molecule has 2 aromatic carbocycles. The van der Waals surface area contributed by atoms with E-state index >= 15 is 0 Å². The minimum absolute atomic E-state index is 0.114. The summed E-state index contributed by atoms with van der Waals surface area (Å²) in [7, 11) is 0. The number of hydrogen-bond donors (Lipinski definition) is 2. The first-order chi connectivity index (χ1) is 13.1. The van der Waals surface area contributed by atoms with Crippen LogP contribution in [0.5, 0.6) is 0 Å². The highest BCUT2D eigenvalue weighted by Crippen LogP contribution is 2.28. The number of rotatable bonds is 4. The molecule has 2 N–H and O–H groups in total. The molecule has 136 valence electrons. The van der Waals surface area contributed by atoms with Gasteiger partial charge in [0.05, 0.1) is 28.0 Å². The predicted octanol–water partition coefficient (Wildman–Crippen LogP) is 3.18. The number of anilines is 1. The number of halogens is 1. The molecule has 1 aromatic heterocycles. The Bertz CT molecular complexity index is 1010. The molecule has 1 aliphatic rings. The van der Waals surface area contributed by atoms with Gasteiger partial charge in [-0.3, -0.25) is 4.79 Å². The second kappa shape index (κ2) is 7.65. The lowest BCUT2D eigenvalue weighted by atomic mass is 10.2. The van der Waals surface area contributed by atoms with Gasteiger partial charge in [-0.25, -0.2) is 4.98 Å². The van der Waals surface area contributed by atoms with E-state index in [0.29, 0.717) is 22.8 Å². The van der Waals surface area contributed by atoms with E-state index in [1.54, 1.807) is 29.5 Å². The summed E-state index contributed by atoms with van der Waals surface area (Å²) in [5.41, 5.74) is 1.89. The van der Waals surface area contributed by atoms with Crippen molar-refractivity contribution in [1.29, 1.82) is 5.26 Å². The topological polar surface area (TPSA) is 70.2 Å². The summed E-state index contributed by atoms with van der Waals surface area (Å²) in [6, 6.07) is 15.3. The Labute approximate surface area is 166 Å². The van der Waals surface area contributed by atoms with Crippen LogP contribution < -0.4 is 10.2 Å². The Morgan fingerprint density at radius 3 is 3.04 bits per heavy atom. The first kappa shape index (κ1) is 17.9. The van der Waals surface area contributed by atoms with E-state index in [4.69, 9.17) is 16.6 Å². The maximum Gasteiger partial charge on any atom is 0.279 e. The molecule has 4 rings (SSSR count). The number of para-hydroxylation sites is 1. The third-order valence-corrected chi connectivity index (χ3v) is 6.24. The molecule has 7 heteroatoms. The van der Waals surface area contributed by atoms with Crippen LogP contribution in [-0.4, -0.2) is 24.0 Å². The molecule has 0 spiro atoms. The molecule has 27 heavy (non-hydrogen) atoms. The number of aromatic nitrogens is 1. The molecule has 3 aromatic rings. The maximum absolute atomic E-state index is 12.6. The van der Waals surface area contributed by atoms with E-state index in [1.165, 1.54) is 9.60 Å². The van der Waals surface area contributed by atoms with Gasteiger partial charge in [0, 0.05) is 17.9 Å². The fourth-order valence-electron chi connectivity index (χ4n) is 3.58. The number of nitrogens with one attached hydrogen (secondary N) is 2. The largest absolute Gasteiger partial charge is 0.320 e. The Hall–Kier alpha value is -2.46. The number of hydrogen-bond acceptors (Lipinski definition) is 4. The number of thiazole rings is 1. The number of quaternary nitrogens is 1. The van der Waals surface area contributed by atoms with Gasteiger partial charge < -0.3 is 10.2 Å². The predicted molar refractivity (Wildman–Crippen MR) is 107 cm³/mol. The lowest BCUT2D eigenvalue weighted by Crippen LogP contribution is -3.11. The summed E-state index contributed by atoms with van der Waals surface area (Å²) < 4.78 is 1.18. The van der Waals surface area contributed by atoms with Crippen molar-refractivity contribution >= 4 is 44.7 Å². The third kappa shape index (κ3) is 3.81. The van der Waals surface area contributed by atoms with Gasteiger partial charge in [0.15, 0.2) is 11.6 Å². The molecule has 1 aliphatic heterocycles. The second-order valence-corrected chi connectivity index (χ2v) is 8.15. The Kier molecular flexibility index (Phi) is 5.08. The highest BCUT2D eigenvalue weighted by Gasteiger charge is 2.34. The van der Waals surface area contributed by atoms with Crippen molar-refractivity contribution < 1.29 is 9.69 Å². The van der Waals surface area contributed by atoms with Crippen molar-refractivity contribution in [1.82, 2.24) is 4.98 Å². The van der Waals surface area contributed by atoms with Crippen molar-refractivity contribution in [2.24, 2.45) is 0 Å². The molecule has 0 bridgehead atoms. The van der Waals surface area contributed by atoms with Crippen LogP contribution in [0.25, 0.3) is 10.2 Å². The van der Waals surface area contributed by atoms with E-state index in [0.717, 1.165) is 29.9 Å². The van der Waals surface area contributed by atoms with E-state index in [1.807, 2.05) is 18.2 Å². The number of fused-ring (bicyclic) bond motifs is 1. The number of amides is 1. The van der Waals surface area contributed by atoms with E-state index in [2.05, 4.69) is 17.5 Å². The molecular weight excluding hydrogens is 380 g/mol. The molecule has 0 radical (unpaired) electrons. The molecule has 0 saturated carbocycles. The average Bonchev–Trinajstić information content (AvgIpc) is 3.28. The maximum atomic E-state index is 12.6. The second-order valence-electron chi connectivity index (χ2n) is 6.65. The molecule has 1 fully saturated rings. The van der Waals surface area contributed by atoms with Gasteiger partial charge in [-0.15, -0.1) is 11.3 Å². The zero-order valence-corrected chi connectivity index (χ0v) is 16.1. The SMILES string of the molecule is N#Cc1ccc(Cl)cc1NC(=O)C[NH+]1CCC[C@H]1c1nc2ccccc2s1. The molecule has 1 saturated heterocycles. The molecule has 2 heterocycles.